The van der Waals surface area contributed by atoms with E-state index in [1.807, 2.05) is 0 Å². The third kappa shape index (κ3) is 4.68. The average molecular weight is 501 g/mol. The Kier molecular flexibility index (Phi) is 6.58. The first kappa shape index (κ1) is 24.3. The molecule has 1 heterocycles. The summed E-state index contributed by atoms with van der Waals surface area (Å²) in [5.74, 6) is 0.639. The largest absolute Gasteiger partial charge is 0.0805 e. The molecule has 0 spiro atoms. The SMILES string of the molecule is C[Si](C)(C)c1ccc2c(c1)C(C1CCCCCC(C3=CC=CC3)[SiH2]1)c1cc([Si](C)(C)C)ccc1-2. The van der Waals surface area contributed by atoms with Crippen LogP contribution in [0.3, 0.4) is 0 Å². The summed E-state index contributed by atoms with van der Waals surface area (Å²) in [6.45, 7) is 15.1. The lowest BCUT2D eigenvalue weighted by Crippen LogP contribution is -2.38. The number of fused-ring (bicyclic) bond motifs is 3. The van der Waals surface area contributed by atoms with E-state index >= 15 is 0 Å². The predicted octanol–water partition coefficient (Wildman–Crippen LogP) is 7.49. The van der Waals surface area contributed by atoms with Crippen molar-refractivity contribution in [2.75, 3.05) is 0 Å². The van der Waals surface area contributed by atoms with Crippen LogP contribution in [-0.2, 0) is 0 Å². The Hall–Kier alpha value is -1.43. The van der Waals surface area contributed by atoms with Gasteiger partial charge in [0, 0.05) is 15.4 Å². The molecule has 180 valence electrons. The molecule has 34 heavy (non-hydrogen) atoms. The van der Waals surface area contributed by atoms with Gasteiger partial charge in [-0.05, 0) is 46.2 Å². The van der Waals surface area contributed by atoms with E-state index in [1.165, 1.54) is 38.5 Å². The molecule has 1 saturated heterocycles. The van der Waals surface area contributed by atoms with Crippen LogP contribution in [0.2, 0.25) is 50.4 Å². The molecular formula is C31H44Si3. The average Bonchev–Trinajstić information content (AvgIpc) is 3.38. The number of allylic oxidation sites excluding steroid dienone is 4. The summed E-state index contributed by atoms with van der Waals surface area (Å²) in [7, 11) is -2.94. The third-order valence-corrected chi connectivity index (χ3v) is 15.9. The fraction of sp³-hybridized carbons (Fsp3) is 0.484. The van der Waals surface area contributed by atoms with Crippen molar-refractivity contribution in [1.82, 2.24) is 0 Å². The van der Waals surface area contributed by atoms with Gasteiger partial charge in [-0.3, -0.25) is 0 Å². The minimum atomic E-state index is -1.35. The molecule has 1 aliphatic heterocycles. The molecule has 0 bridgehead atoms. The molecule has 0 amide bonds. The third-order valence-electron chi connectivity index (χ3n) is 8.81. The first-order valence-electron chi connectivity index (χ1n) is 13.8. The van der Waals surface area contributed by atoms with Crippen LogP contribution < -0.4 is 10.4 Å². The highest BCUT2D eigenvalue weighted by Crippen LogP contribution is 2.53. The van der Waals surface area contributed by atoms with E-state index in [0.29, 0.717) is 5.92 Å². The van der Waals surface area contributed by atoms with Crippen LogP contribution in [0.15, 0.2) is 60.2 Å². The number of hydrogen-bond donors (Lipinski definition) is 0. The van der Waals surface area contributed by atoms with Gasteiger partial charge in [0.1, 0.15) is 0 Å². The highest BCUT2D eigenvalue weighted by molar-refractivity contribution is 6.89. The minimum absolute atomic E-state index is 0.237. The molecule has 0 N–H and O–H groups in total. The van der Waals surface area contributed by atoms with Crippen LogP contribution in [0, 0.1) is 0 Å². The Bertz CT molecular complexity index is 1060. The fourth-order valence-corrected chi connectivity index (χ4v) is 12.2. The Morgan fingerprint density at radius 2 is 1.32 bits per heavy atom. The Morgan fingerprint density at radius 3 is 1.85 bits per heavy atom. The molecule has 2 aliphatic carbocycles. The van der Waals surface area contributed by atoms with E-state index in [1.54, 1.807) is 38.2 Å². The number of benzene rings is 2. The highest BCUT2D eigenvalue weighted by atomic mass is 28.3. The van der Waals surface area contributed by atoms with Gasteiger partial charge in [0.25, 0.3) is 0 Å². The molecule has 1 fully saturated rings. The highest BCUT2D eigenvalue weighted by Gasteiger charge is 2.38. The summed E-state index contributed by atoms with van der Waals surface area (Å²) >= 11 is 0. The van der Waals surface area contributed by atoms with Gasteiger partial charge in [0.2, 0.25) is 0 Å². The molecule has 0 aromatic heterocycles. The van der Waals surface area contributed by atoms with Crippen molar-refractivity contribution in [2.24, 2.45) is 0 Å². The smallest absolute Gasteiger partial charge is 0.0776 e. The van der Waals surface area contributed by atoms with Crippen LogP contribution in [0.25, 0.3) is 11.1 Å². The Labute approximate surface area is 212 Å². The summed E-state index contributed by atoms with van der Waals surface area (Å²) in [6, 6.07) is 15.3. The van der Waals surface area contributed by atoms with Crippen LogP contribution in [0.1, 0.15) is 55.6 Å². The van der Waals surface area contributed by atoms with Crippen LogP contribution >= 0.6 is 0 Å². The summed E-state index contributed by atoms with van der Waals surface area (Å²) in [4.78, 5) is 0. The number of hydrogen-bond acceptors (Lipinski definition) is 0. The molecule has 5 rings (SSSR count). The molecule has 0 saturated carbocycles. The zero-order valence-corrected chi connectivity index (χ0v) is 25.8. The topological polar surface area (TPSA) is 0 Å². The molecular weight excluding hydrogens is 457 g/mol. The van der Waals surface area contributed by atoms with Crippen molar-refractivity contribution in [3.63, 3.8) is 0 Å². The maximum atomic E-state index is 2.68. The van der Waals surface area contributed by atoms with Crippen molar-refractivity contribution in [3.05, 3.63) is 71.3 Å². The lowest BCUT2D eigenvalue weighted by molar-refractivity contribution is 0.542. The van der Waals surface area contributed by atoms with E-state index in [2.05, 4.69) is 93.9 Å². The molecule has 2 aromatic carbocycles. The van der Waals surface area contributed by atoms with Crippen LogP contribution in [-0.4, -0.2) is 25.7 Å². The second kappa shape index (κ2) is 9.22. The molecule has 2 aromatic rings. The summed E-state index contributed by atoms with van der Waals surface area (Å²) < 4.78 is 0. The fourth-order valence-electron chi connectivity index (χ4n) is 6.72. The monoisotopic (exact) mass is 500 g/mol. The van der Waals surface area contributed by atoms with E-state index < -0.39 is 16.1 Å². The van der Waals surface area contributed by atoms with E-state index in [0.717, 1.165) is 11.1 Å². The van der Waals surface area contributed by atoms with Crippen molar-refractivity contribution in [3.8, 4) is 11.1 Å². The van der Waals surface area contributed by atoms with Gasteiger partial charge in [-0.2, -0.15) is 0 Å². The van der Waals surface area contributed by atoms with Gasteiger partial charge in [-0.25, -0.2) is 0 Å². The lowest BCUT2D eigenvalue weighted by Gasteiger charge is -2.33. The number of rotatable bonds is 4. The van der Waals surface area contributed by atoms with Crippen molar-refractivity contribution in [1.29, 1.82) is 0 Å². The molecule has 3 aliphatic rings. The maximum Gasteiger partial charge on any atom is 0.0776 e. The van der Waals surface area contributed by atoms with Crippen molar-refractivity contribution < 1.29 is 0 Å². The Morgan fingerprint density at radius 1 is 0.735 bits per heavy atom. The summed E-state index contributed by atoms with van der Waals surface area (Å²) in [5.41, 5.74) is 10.1. The first-order valence-corrected chi connectivity index (χ1v) is 22.4. The first-order chi connectivity index (χ1) is 16.1. The molecule has 0 radical (unpaired) electrons. The van der Waals surface area contributed by atoms with Gasteiger partial charge in [-0.1, -0.05) is 136 Å². The van der Waals surface area contributed by atoms with Crippen molar-refractivity contribution in [2.45, 2.75) is 94.8 Å². The lowest BCUT2D eigenvalue weighted by atomic mass is 9.89. The molecule has 0 nitrogen and oxygen atoms in total. The standard InChI is InChI=1S/C31H44Si3/c1-33(2,3)23-16-18-25-26-19-17-24(34(4,5)6)21-28(26)31(27(25)20-23)30-15-9-7-8-14-29(32-30)22-12-10-11-13-22/h10-12,16-21,29-31H,7-9,13-15,32H2,1-6H3. The zero-order valence-electron chi connectivity index (χ0n) is 22.4. The second-order valence-corrected chi connectivity index (χ2v) is 25.9. The normalized spacial score (nSPS) is 24.0. The van der Waals surface area contributed by atoms with Gasteiger partial charge >= 0.3 is 0 Å². The summed E-state index contributed by atoms with van der Waals surface area (Å²) in [6.07, 6.45) is 15.6. The summed E-state index contributed by atoms with van der Waals surface area (Å²) in [5, 5.41) is 3.28. The van der Waals surface area contributed by atoms with Crippen LogP contribution in [0.4, 0.5) is 0 Å². The minimum Gasteiger partial charge on any atom is -0.0805 e. The van der Waals surface area contributed by atoms with Gasteiger partial charge in [0.05, 0.1) is 16.1 Å². The Balaban J connectivity index is 1.62. The van der Waals surface area contributed by atoms with E-state index in [-0.39, 0.29) is 9.52 Å². The van der Waals surface area contributed by atoms with Crippen LogP contribution in [0.5, 0.6) is 0 Å². The predicted molar refractivity (Wildman–Crippen MR) is 161 cm³/mol. The van der Waals surface area contributed by atoms with Gasteiger partial charge in [-0.15, -0.1) is 0 Å². The van der Waals surface area contributed by atoms with E-state index in [9.17, 15) is 0 Å². The quantitative estimate of drug-likeness (QED) is 0.382. The molecule has 2 unspecified atom stereocenters. The molecule has 2 atom stereocenters. The maximum absolute atomic E-state index is 2.68. The van der Waals surface area contributed by atoms with Gasteiger partial charge in [0.15, 0.2) is 0 Å². The zero-order chi connectivity index (χ0) is 24.1. The van der Waals surface area contributed by atoms with E-state index in [4.69, 9.17) is 0 Å². The van der Waals surface area contributed by atoms with Gasteiger partial charge < -0.3 is 0 Å². The second-order valence-electron chi connectivity index (χ2n) is 13.3. The van der Waals surface area contributed by atoms with Crippen molar-refractivity contribution >= 4 is 36.0 Å². The molecule has 3 heteroatoms.